The molecule has 0 unspecified atom stereocenters. The van der Waals surface area contributed by atoms with Gasteiger partial charge in [0.25, 0.3) is 0 Å². The van der Waals surface area contributed by atoms with Crippen LogP contribution < -0.4 is 10.1 Å². The molecular formula is C15H18ClN3O2. The monoisotopic (exact) mass is 307 g/mol. The fraction of sp³-hybridized carbons (Fsp3) is 0.333. The van der Waals surface area contributed by atoms with Crippen LogP contribution in [-0.4, -0.2) is 23.7 Å². The van der Waals surface area contributed by atoms with Gasteiger partial charge in [0.15, 0.2) is 0 Å². The fourth-order valence-electron chi connectivity index (χ4n) is 1.86. The number of benzene rings is 1. The topological polar surface area (TPSA) is 56.3 Å². The van der Waals surface area contributed by atoms with Crippen molar-refractivity contribution in [2.24, 2.45) is 0 Å². The first-order valence-corrected chi connectivity index (χ1v) is 7.05. The van der Waals surface area contributed by atoms with Crippen molar-refractivity contribution in [1.82, 2.24) is 9.97 Å². The van der Waals surface area contributed by atoms with Crippen LogP contribution in [0.25, 0.3) is 0 Å². The number of ether oxygens (including phenoxy) is 2. The van der Waals surface area contributed by atoms with E-state index in [1.54, 1.807) is 13.3 Å². The van der Waals surface area contributed by atoms with Crippen LogP contribution in [0.5, 0.6) is 5.75 Å². The van der Waals surface area contributed by atoms with Gasteiger partial charge in [0.2, 0.25) is 0 Å². The molecule has 0 aliphatic rings. The normalized spacial score (nSPS) is 10.4. The molecule has 0 amide bonds. The number of nitrogens with one attached hydrogen (secondary N) is 1. The number of halogens is 1. The first-order chi connectivity index (χ1) is 10.2. The van der Waals surface area contributed by atoms with Crippen LogP contribution in [0, 0.1) is 0 Å². The third kappa shape index (κ3) is 4.58. The highest BCUT2D eigenvalue weighted by Gasteiger charge is 2.05. The van der Waals surface area contributed by atoms with Crippen molar-refractivity contribution >= 4 is 17.4 Å². The lowest BCUT2D eigenvalue weighted by atomic mass is 10.1. The van der Waals surface area contributed by atoms with Gasteiger partial charge in [-0.25, -0.2) is 9.97 Å². The second-order valence-corrected chi connectivity index (χ2v) is 4.75. The van der Waals surface area contributed by atoms with Crippen LogP contribution in [-0.2, 0) is 17.9 Å². The van der Waals surface area contributed by atoms with E-state index in [4.69, 9.17) is 21.1 Å². The Labute approximate surface area is 129 Å². The summed E-state index contributed by atoms with van der Waals surface area (Å²) in [5, 5.41) is 3.57. The summed E-state index contributed by atoms with van der Waals surface area (Å²) in [5.74, 6) is 1.51. The molecule has 112 valence electrons. The van der Waals surface area contributed by atoms with Crippen molar-refractivity contribution < 1.29 is 9.47 Å². The van der Waals surface area contributed by atoms with Gasteiger partial charge < -0.3 is 14.8 Å². The zero-order chi connectivity index (χ0) is 15.1. The molecule has 1 aromatic heterocycles. The van der Waals surface area contributed by atoms with Crippen LogP contribution in [0.2, 0.25) is 5.15 Å². The molecule has 0 atom stereocenters. The molecule has 21 heavy (non-hydrogen) atoms. The van der Waals surface area contributed by atoms with Crippen LogP contribution in [0.15, 0.2) is 30.6 Å². The molecule has 0 saturated carbocycles. The van der Waals surface area contributed by atoms with Gasteiger partial charge in [0, 0.05) is 18.7 Å². The molecule has 0 spiro atoms. The van der Waals surface area contributed by atoms with Crippen molar-refractivity contribution in [2.75, 3.05) is 19.0 Å². The quantitative estimate of drug-likeness (QED) is 0.850. The maximum atomic E-state index is 5.70. The molecule has 0 aliphatic carbocycles. The molecule has 2 aromatic rings. The number of aromatic nitrogens is 2. The van der Waals surface area contributed by atoms with Crippen molar-refractivity contribution in [3.05, 3.63) is 46.9 Å². The van der Waals surface area contributed by atoms with E-state index in [0.717, 1.165) is 16.9 Å². The van der Waals surface area contributed by atoms with Gasteiger partial charge in [-0.05, 0) is 24.6 Å². The summed E-state index contributed by atoms with van der Waals surface area (Å²) in [7, 11) is 1.66. The van der Waals surface area contributed by atoms with E-state index < -0.39 is 0 Å². The molecule has 1 heterocycles. The Morgan fingerprint density at radius 3 is 2.76 bits per heavy atom. The van der Waals surface area contributed by atoms with Crippen LogP contribution in [0.3, 0.4) is 0 Å². The van der Waals surface area contributed by atoms with Gasteiger partial charge in [0.05, 0.1) is 26.1 Å². The first kappa shape index (κ1) is 15.5. The minimum atomic E-state index is 0.379. The number of nitrogens with zero attached hydrogens (tertiary/aromatic N) is 2. The Morgan fingerprint density at radius 1 is 1.24 bits per heavy atom. The minimum absolute atomic E-state index is 0.379. The van der Waals surface area contributed by atoms with E-state index >= 15 is 0 Å². The zero-order valence-electron chi connectivity index (χ0n) is 12.1. The maximum Gasteiger partial charge on any atom is 0.147 e. The zero-order valence-corrected chi connectivity index (χ0v) is 12.9. The van der Waals surface area contributed by atoms with E-state index in [1.807, 2.05) is 19.1 Å². The number of hydrogen-bond acceptors (Lipinski definition) is 5. The van der Waals surface area contributed by atoms with Crippen molar-refractivity contribution in [1.29, 1.82) is 0 Å². The summed E-state index contributed by atoms with van der Waals surface area (Å²) >= 11 is 5.70. The average Bonchev–Trinajstić information content (AvgIpc) is 2.52. The number of anilines is 1. The van der Waals surface area contributed by atoms with Gasteiger partial charge in [0.1, 0.15) is 16.7 Å². The molecule has 1 N–H and O–H groups in total. The Hall–Kier alpha value is -1.85. The third-order valence-corrected chi connectivity index (χ3v) is 3.10. The van der Waals surface area contributed by atoms with Gasteiger partial charge in [-0.15, -0.1) is 0 Å². The molecule has 0 radical (unpaired) electrons. The van der Waals surface area contributed by atoms with E-state index in [-0.39, 0.29) is 0 Å². The summed E-state index contributed by atoms with van der Waals surface area (Å²) in [6, 6.07) is 6.01. The second kappa shape index (κ2) is 7.81. The summed E-state index contributed by atoms with van der Waals surface area (Å²) in [5.41, 5.74) is 2.14. The van der Waals surface area contributed by atoms with Gasteiger partial charge in [-0.2, -0.15) is 0 Å². The molecule has 0 saturated heterocycles. The lowest BCUT2D eigenvalue weighted by molar-refractivity contribution is 0.132. The molecule has 0 aliphatic heterocycles. The molecule has 0 bridgehead atoms. The van der Waals surface area contributed by atoms with Crippen LogP contribution in [0.1, 0.15) is 18.1 Å². The van der Waals surface area contributed by atoms with Gasteiger partial charge in [-0.3, -0.25) is 0 Å². The van der Waals surface area contributed by atoms with Crippen molar-refractivity contribution in [2.45, 2.75) is 20.1 Å². The van der Waals surface area contributed by atoms with Gasteiger partial charge >= 0.3 is 0 Å². The molecule has 0 fully saturated rings. The summed E-state index contributed by atoms with van der Waals surface area (Å²) in [4.78, 5) is 8.12. The lowest BCUT2D eigenvalue weighted by Gasteiger charge is -2.11. The van der Waals surface area contributed by atoms with Gasteiger partial charge in [-0.1, -0.05) is 17.7 Å². The highest BCUT2D eigenvalue weighted by Crippen LogP contribution is 2.21. The van der Waals surface area contributed by atoms with E-state index in [2.05, 4.69) is 21.4 Å². The molecular weight excluding hydrogens is 290 g/mol. The SMILES string of the molecule is CCOCc1cc(CNc2cnc(Cl)cn2)ccc1OC. The Morgan fingerprint density at radius 2 is 2.10 bits per heavy atom. The summed E-state index contributed by atoms with van der Waals surface area (Å²) < 4.78 is 10.8. The van der Waals surface area contributed by atoms with Crippen molar-refractivity contribution in [3.63, 3.8) is 0 Å². The Balaban J connectivity index is 2.04. The Kier molecular flexibility index (Phi) is 5.78. The predicted molar refractivity (Wildman–Crippen MR) is 82.7 cm³/mol. The fourth-order valence-corrected chi connectivity index (χ4v) is 1.96. The molecule has 5 nitrogen and oxygen atoms in total. The lowest BCUT2D eigenvalue weighted by Crippen LogP contribution is -2.03. The minimum Gasteiger partial charge on any atom is -0.496 e. The largest absolute Gasteiger partial charge is 0.496 e. The highest BCUT2D eigenvalue weighted by molar-refractivity contribution is 6.29. The van der Waals surface area contributed by atoms with Crippen LogP contribution in [0.4, 0.5) is 5.82 Å². The predicted octanol–water partition coefficient (Wildman–Crippen LogP) is 3.29. The molecule has 2 rings (SSSR count). The standard InChI is InChI=1S/C15H18ClN3O2/c1-3-21-10-12-6-11(4-5-13(12)20-2)7-18-15-9-17-14(16)8-19-15/h4-6,8-9H,3,7,10H2,1-2H3,(H,18,19). The molecule has 6 heteroatoms. The maximum absolute atomic E-state index is 5.70. The second-order valence-electron chi connectivity index (χ2n) is 4.36. The smallest absolute Gasteiger partial charge is 0.147 e. The number of methoxy groups -OCH3 is 1. The third-order valence-electron chi connectivity index (χ3n) is 2.90. The van der Waals surface area contributed by atoms with E-state index in [1.165, 1.54) is 6.20 Å². The van der Waals surface area contributed by atoms with E-state index in [9.17, 15) is 0 Å². The summed E-state index contributed by atoms with van der Waals surface area (Å²) in [6.07, 6.45) is 3.12. The number of rotatable bonds is 7. The first-order valence-electron chi connectivity index (χ1n) is 6.68. The average molecular weight is 308 g/mol. The van der Waals surface area contributed by atoms with E-state index in [0.29, 0.717) is 30.7 Å². The summed E-state index contributed by atoms with van der Waals surface area (Å²) in [6.45, 7) is 3.82. The highest BCUT2D eigenvalue weighted by atomic mass is 35.5. The Bertz CT molecular complexity index is 576. The van der Waals surface area contributed by atoms with Crippen LogP contribution >= 0.6 is 11.6 Å². The number of hydrogen-bond donors (Lipinski definition) is 1. The van der Waals surface area contributed by atoms with Crippen molar-refractivity contribution in [3.8, 4) is 5.75 Å². The molecule has 1 aromatic carbocycles.